The molecule has 0 unspecified atom stereocenters. The topological polar surface area (TPSA) is 139 Å². The van der Waals surface area contributed by atoms with E-state index in [1.54, 1.807) is 0 Å². The maximum absolute atomic E-state index is 13.6. The van der Waals surface area contributed by atoms with E-state index in [1.807, 2.05) is 36.4 Å². The third-order valence-electron chi connectivity index (χ3n) is 7.68. The summed E-state index contributed by atoms with van der Waals surface area (Å²) in [5.74, 6) is -0.551. The van der Waals surface area contributed by atoms with Crippen molar-refractivity contribution >= 4 is 40.3 Å². The number of sulfonamides is 1. The Hall–Kier alpha value is -3.42. The minimum atomic E-state index is -4.39. The Bertz CT molecular complexity index is 1480. The van der Waals surface area contributed by atoms with Gasteiger partial charge in [0.05, 0.1) is 29.7 Å². The van der Waals surface area contributed by atoms with Gasteiger partial charge in [-0.2, -0.15) is 4.72 Å². The van der Waals surface area contributed by atoms with Crippen LogP contribution in [0.15, 0.2) is 89.8 Å². The summed E-state index contributed by atoms with van der Waals surface area (Å²) in [6.45, 7) is 7.68. The SMILES string of the molecule is C[C@H](NS(=O)(=O)c1ccccc1[N+](=O)[O-])C(=O)N1C[C@@H](O[Si](c2ccccc2)(c2ccccc2)C(C)(C)C)C[C@H]1CO. The second kappa shape index (κ2) is 12.4. The summed E-state index contributed by atoms with van der Waals surface area (Å²) in [6.07, 6.45) is -0.0486. The zero-order valence-electron chi connectivity index (χ0n) is 24.1. The van der Waals surface area contributed by atoms with Crippen molar-refractivity contribution in [2.75, 3.05) is 13.2 Å². The van der Waals surface area contributed by atoms with Gasteiger partial charge < -0.3 is 14.4 Å². The lowest BCUT2D eigenvalue weighted by Crippen LogP contribution is -2.67. The fourth-order valence-electron chi connectivity index (χ4n) is 5.77. The average molecular weight is 612 g/mol. The first-order chi connectivity index (χ1) is 19.8. The van der Waals surface area contributed by atoms with Gasteiger partial charge in [0.25, 0.3) is 14.0 Å². The number of hydrogen-bond acceptors (Lipinski definition) is 7. The maximum atomic E-state index is 13.6. The fraction of sp³-hybridized carbons (Fsp3) is 0.367. The number of rotatable bonds is 10. The van der Waals surface area contributed by atoms with Crippen LogP contribution in [-0.2, 0) is 19.2 Å². The van der Waals surface area contributed by atoms with Crippen molar-refractivity contribution in [3.05, 3.63) is 95.0 Å². The third kappa shape index (κ3) is 6.18. The summed E-state index contributed by atoms with van der Waals surface area (Å²) in [5, 5.41) is 23.5. The Morgan fingerprint density at radius 3 is 2.07 bits per heavy atom. The van der Waals surface area contributed by atoms with Crippen molar-refractivity contribution in [1.82, 2.24) is 9.62 Å². The molecule has 3 aromatic carbocycles. The first kappa shape index (κ1) is 31.5. The third-order valence-corrected chi connectivity index (χ3v) is 14.4. The summed E-state index contributed by atoms with van der Waals surface area (Å²) in [6, 6.07) is 23.3. The van der Waals surface area contributed by atoms with Crippen LogP contribution < -0.4 is 15.1 Å². The number of carbonyl (C=O) groups is 1. The molecule has 0 spiro atoms. The van der Waals surface area contributed by atoms with Crippen molar-refractivity contribution in [2.24, 2.45) is 0 Å². The van der Waals surface area contributed by atoms with E-state index in [1.165, 1.54) is 24.0 Å². The number of amides is 1. The van der Waals surface area contributed by atoms with Crippen LogP contribution in [0.2, 0.25) is 5.04 Å². The highest BCUT2D eigenvalue weighted by molar-refractivity contribution is 7.89. The highest BCUT2D eigenvalue weighted by Gasteiger charge is 2.53. The zero-order valence-corrected chi connectivity index (χ0v) is 26.0. The molecule has 1 heterocycles. The van der Waals surface area contributed by atoms with Crippen molar-refractivity contribution in [3.8, 4) is 0 Å². The molecule has 4 rings (SSSR count). The molecule has 1 aliphatic heterocycles. The molecule has 1 amide bonds. The summed E-state index contributed by atoms with van der Waals surface area (Å²) in [4.78, 5) is 25.2. The monoisotopic (exact) mass is 611 g/mol. The Balaban J connectivity index is 1.62. The number of nitrogens with one attached hydrogen (secondary N) is 1. The minimum absolute atomic E-state index is 0.159. The lowest BCUT2D eigenvalue weighted by Gasteiger charge is -2.44. The van der Waals surface area contributed by atoms with E-state index in [0.717, 1.165) is 22.5 Å². The van der Waals surface area contributed by atoms with Gasteiger partial charge in [-0.25, -0.2) is 8.42 Å². The van der Waals surface area contributed by atoms with Gasteiger partial charge in [0, 0.05) is 12.6 Å². The van der Waals surface area contributed by atoms with E-state index in [2.05, 4.69) is 49.8 Å². The number of nitro benzene ring substituents is 1. The highest BCUT2D eigenvalue weighted by atomic mass is 32.2. The quantitative estimate of drug-likeness (QED) is 0.204. The van der Waals surface area contributed by atoms with Crippen LogP contribution in [0, 0.1) is 10.1 Å². The summed E-state index contributed by atoms with van der Waals surface area (Å²) in [5.41, 5.74) is -0.585. The molecule has 2 N–H and O–H groups in total. The summed E-state index contributed by atoms with van der Waals surface area (Å²) < 4.78 is 35.6. The predicted molar refractivity (Wildman–Crippen MR) is 163 cm³/mol. The number of likely N-dealkylation sites (tertiary alicyclic amines) is 1. The zero-order chi connectivity index (χ0) is 30.7. The molecular formula is C30H37N3O7SSi. The van der Waals surface area contributed by atoms with E-state index >= 15 is 0 Å². The van der Waals surface area contributed by atoms with Crippen molar-refractivity contribution < 1.29 is 27.7 Å². The first-order valence-electron chi connectivity index (χ1n) is 13.8. The van der Waals surface area contributed by atoms with Gasteiger partial charge >= 0.3 is 0 Å². The molecule has 12 heteroatoms. The summed E-state index contributed by atoms with van der Waals surface area (Å²) >= 11 is 0. The number of benzene rings is 3. The van der Waals surface area contributed by atoms with Crippen LogP contribution in [0.3, 0.4) is 0 Å². The van der Waals surface area contributed by atoms with Crippen LogP contribution in [0.25, 0.3) is 0 Å². The van der Waals surface area contributed by atoms with E-state index in [9.17, 15) is 28.4 Å². The number of nitrogens with zero attached hydrogens (tertiary/aromatic N) is 2. The summed E-state index contributed by atoms with van der Waals surface area (Å²) in [7, 11) is -7.34. The lowest BCUT2D eigenvalue weighted by atomic mass is 10.2. The van der Waals surface area contributed by atoms with Crippen LogP contribution in [0.1, 0.15) is 34.1 Å². The number of nitro groups is 1. The minimum Gasteiger partial charge on any atom is -0.403 e. The van der Waals surface area contributed by atoms with Crippen molar-refractivity contribution in [2.45, 2.75) is 62.2 Å². The Labute approximate surface area is 247 Å². The molecule has 1 saturated heterocycles. The van der Waals surface area contributed by atoms with Crippen LogP contribution in [0.5, 0.6) is 0 Å². The van der Waals surface area contributed by atoms with Gasteiger partial charge in [-0.1, -0.05) is 93.6 Å². The highest BCUT2D eigenvalue weighted by Crippen LogP contribution is 2.39. The second-order valence-corrected chi connectivity index (χ2v) is 17.5. The van der Waals surface area contributed by atoms with Crippen LogP contribution >= 0.6 is 0 Å². The van der Waals surface area contributed by atoms with Gasteiger partial charge in [-0.05, 0) is 34.8 Å². The van der Waals surface area contributed by atoms with Gasteiger partial charge in [-0.3, -0.25) is 14.9 Å². The molecule has 3 aromatic rings. The second-order valence-electron chi connectivity index (χ2n) is 11.5. The number of carbonyl (C=O) groups excluding carboxylic acids is 1. The molecular weight excluding hydrogens is 574 g/mol. The average Bonchev–Trinajstić information content (AvgIpc) is 3.38. The molecule has 42 heavy (non-hydrogen) atoms. The molecule has 0 bridgehead atoms. The largest absolute Gasteiger partial charge is 0.403 e. The molecule has 1 aliphatic rings. The molecule has 0 radical (unpaired) electrons. The lowest BCUT2D eigenvalue weighted by molar-refractivity contribution is -0.387. The smallest absolute Gasteiger partial charge is 0.289 e. The number of hydrogen-bond donors (Lipinski definition) is 2. The predicted octanol–water partition coefficient (Wildman–Crippen LogP) is 2.80. The first-order valence-corrected chi connectivity index (χ1v) is 17.2. The maximum Gasteiger partial charge on any atom is 0.289 e. The van der Waals surface area contributed by atoms with Crippen molar-refractivity contribution in [3.63, 3.8) is 0 Å². The standard InChI is InChI=1S/C30H37N3O7SSi/c1-22(31-41(38,39)28-18-12-11-17-27(28)33(36)37)29(35)32-20-24(19-23(32)21-34)40-42(30(2,3)4,25-13-7-5-8-14-25)26-15-9-6-10-16-26/h5-18,22-24,31,34H,19-21H2,1-4H3/t22-,23-,24-/m0/s1. The van der Waals surface area contributed by atoms with E-state index < -0.39 is 57.9 Å². The van der Waals surface area contributed by atoms with Crippen molar-refractivity contribution in [1.29, 1.82) is 0 Å². The molecule has 224 valence electrons. The van der Waals surface area contributed by atoms with Gasteiger partial charge in [0.1, 0.15) is 0 Å². The van der Waals surface area contributed by atoms with Gasteiger partial charge in [-0.15, -0.1) is 0 Å². The van der Waals surface area contributed by atoms with E-state index in [4.69, 9.17) is 4.43 Å². The molecule has 3 atom stereocenters. The van der Waals surface area contributed by atoms with E-state index in [-0.39, 0.29) is 18.2 Å². The molecule has 0 aromatic heterocycles. The fourth-order valence-corrected chi connectivity index (χ4v) is 11.8. The molecule has 1 fully saturated rings. The number of para-hydroxylation sites is 1. The van der Waals surface area contributed by atoms with Crippen LogP contribution in [-0.4, -0.2) is 68.9 Å². The van der Waals surface area contributed by atoms with Crippen LogP contribution in [0.4, 0.5) is 5.69 Å². The molecule has 0 saturated carbocycles. The van der Waals surface area contributed by atoms with Gasteiger partial charge in [0.15, 0.2) is 4.90 Å². The number of aliphatic hydroxyl groups is 1. The Morgan fingerprint density at radius 2 is 1.57 bits per heavy atom. The molecule has 10 nitrogen and oxygen atoms in total. The Kier molecular flexibility index (Phi) is 9.33. The van der Waals surface area contributed by atoms with Gasteiger partial charge in [0.2, 0.25) is 15.9 Å². The van der Waals surface area contributed by atoms with E-state index in [0.29, 0.717) is 6.42 Å². The normalized spacial score (nSPS) is 18.5. The molecule has 0 aliphatic carbocycles. The Morgan fingerprint density at radius 1 is 1.05 bits per heavy atom. The number of aliphatic hydroxyl groups excluding tert-OH is 1.